The quantitative estimate of drug-likeness (QED) is 0.0222. The summed E-state index contributed by atoms with van der Waals surface area (Å²) in [6.45, 7) is 9.68. The van der Waals surface area contributed by atoms with Crippen LogP contribution in [-0.4, -0.2) is 96.7 Å². The van der Waals surface area contributed by atoms with Crippen molar-refractivity contribution in [3.05, 3.63) is 0 Å². The average molecular weight is 1480 g/mol. The first-order valence-electron chi connectivity index (χ1n) is 42.5. The highest BCUT2D eigenvalue weighted by atomic mass is 31.2. The smallest absolute Gasteiger partial charge is 0.462 e. The molecule has 101 heavy (non-hydrogen) atoms. The van der Waals surface area contributed by atoms with Gasteiger partial charge in [0.2, 0.25) is 0 Å². The Labute approximate surface area is 619 Å². The van der Waals surface area contributed by atoms with Gasteiger partial charge >= 0.3 is 39.5 Å². The molecular weight excluding hydrogens is 1320 g/mol. The number of phosphoric acid groups is 2. The van der Waals surface area contributed by atoms with Gasteiger partial charge in [0.1, 0.15) is 19.3 Å². The Morgan fingerprint density at radius 3 is 0.752 bits per heavy atom. The number of phosphoric ester groups is 2. The number of ether oxygens (including phenoxy) is 4. The van der Waals surface area contributed by atoms with Crippen LogP contribution >= 0.6 is 15.6 Å². The molecule has 600 valence electrons. The summed E-state index contributed by atoms with van der Waals surface area (Å²) in [6, 6.07) is 0. The van der Waals surface area contributed by atoms with E-state index in [1.165, 1.54) is 250 Å². The van der Waals surface area contributed by atoms with Crippen LogP contribution in [0.25, 0.3) is 0 Å². The van der Waals surface area contributed by atoms with Crippen LogP contribution in [0.4, 0.5) is 0 Å². The third kappa shape index (κ3) is 74.7. The summed E-state index contributed by atoms with van der Waals surface area (Å²) in [4.78, 5) is 73.0. The minimum absolute atomic E-state index is 0.106. The van der Waals surface area contributed by atoms with Crippen LogP contribution < -0.4 is 0 Å². The average Bonchev–Trinajstić information content (AvgIpc) is 0.965. The Kier molecular flexibility index (Phi) is 72.2. The Hall–Kier alpha value is -1.94. The molecule has 0 bridgehead atoms. The molecule has 3 unspecified atom stereocenters. The van der Waals surface area contributed by atoms with Crippen LogP contribution in [0.5, 0.6) is 0 Å². The Morgan fingerprint density at radius 2 is 0.505 bits per heavy atom. The first-order valence-corrected chi connectivity index (χ1v) is 45.5. The van der Waals surface area contributed by atoms with E-state index in [2.05, 4.69) is 41.5 Å². The molecule has 0 saturated heterocycles. The minimum atomic E-state index is -4.96. The van der Waals surface area contributed by atoms with E-state index in [0.29, 0.717) is 25.7 Å². The van der Waals surface area contributed by atoms with Crippen molar-refractivity contribution in [3.8, 4) is 0 Å². The summed E-state index contributed by atoms with van der Waals surface area (Å²) in [6.07, 6.45) is 63.8. The van der Waals surface area contributed by atoms with Crippen molar-refractivity contribution in [1.29, 1.82) is 0 Å². The molecule has 0 rings (SSSR count). The number of carbonyl (C=O) groups excluding carboxylic acids is 4. The van der Waals surface area contributed by atoms with Crippen LogP contribution in [0.2, 0.25) is 0 Å². The van der Waals surface area contributed by atoms with E-state index >= 15 is 0 Å². The minimum Gasteiger partial charge on any atom is -0.462 e. The zero-order valence-electron chi connectivity index (χ0n) is 66.2. The highest BCUT2D eigenvalue weighted by Gasteiger charge is 2.30. The number of aliphatic hydroxyl groups is 1. The van der Waals surface area contributed by atoms with Crippen LogP contribution in [-0.2, 0) is 65.4 Å². The van der Waals surface area contributed by atoms with Gasteiger partial charge in [0, 0.05) is 25.7 Å². The number of rotatable bonds is 81. The van der Waals surface area contributed by atoms with Crippen molar-refractivity contribution in [2.24, 2.45) is 11.8 Å². The van der Waals surface area contributed by atoms with E-state index in [-0.39, 0.29) is 25.7 Å². The van der Waals surface area contributed by atoms with Crippen molar-refractivity contribution in [2.45, 2.75) is 452 Å². The predicted octanol–water partition coefficient (Wildman–Crippen LogP) is 24.7. The predicted molar refractivity (Wildman–Crippen MR) is 414 cm³/mol. The number of carbonyl (C=O) groups is 4. The summed E-state index contributed by atoms with van der Waals surface area (Å²) in [5, 5.41) is 10.6. The molecule has 0 spiro atoms. The van der Waals surface area contributed by atoms with Gasteiger partial charge < -0.3 is 33.8 Å². The molecule has 3 N–H and O–H groups in total. The fourth-order valence-corrected chi connectivity index (χ4v) is 14.3. The largest absolute Gasteiger partial charge is 0.472 e. The number of hydrogen-bond acceptors (Lipinski definition) is 15. The lowest BCUT2D eigenvalue weighted by Gasteiger charge is -2.21. The summed E-state index contributed by atoms with van der Waals surface area (Å²) >= 11 is 0. The lowest BCUT2D eigenvalue weighted by molar-refractivity contribution is -0.161. The van der Waals surface area contributed by atoms with Gasteiger partial charge in [-0.2, -0.15) is 0 Å². The van der Waals surface area contributed by atoms with Gasteiger partial charge in [-0.25, -0.2) is 9.13 Å². The fourth-order valence-electron chi connectivity index (χ4n) is 12.7. The van der Waals surface area contributed by atoms with Gasteiger partial charge in [0.25, 0.3) is 0 Å². The molecular formula is C82H160O17P2. The lowest BCUT2D eigenvalue weighted by atomic mass is 9.99. The van der Waals surface area contributed by atoms with Gasteiger partial charge in [-0.05, 0) is 37.5 Å². The Balaban J connectivity index is 5.21. The SMILES string of the molecule is CCCCCCCCCCCCCCCCCCC(=O)OC[C@H](COP(=O)(O)OC[C@@H](O)COP(=O)(O)OC[C@@H](COC(=O)CCCCCCCCCCCCC)OC(=O)CCCCCCCCCCCC(C)C)OC(=O)CCCCCCCCCCCCCCCCCCCCC(C)CC. The van der Waals surface area contributed by atoms with E-state index in [9.17, 15) is 43.2 Å². The monoisotopic (exact) mass is 1480 g/mol. The number of hydrogen-bond donors (Lipinski definition) is 3. The molecule has 0 radical (unpaired) electrons. The van der Waals surface area contributed by atoms with Gasteiger partial charge in [0.15, 0.2) is 12.2 Å². The second-order valence-electron chi connectivity index (χ2n) is 30.2. The molecule has 0 aromatic heterocycles. The molecule has 0 aliphatic heterocycles. The van der Waals surface area contributed by atoms with E-state index in [1.807, 2.05) is 0 Å². The molecule has 19 heteroatoms. The Morgan fingerprint density at radius 1 is 0.287 bits per heavy atom. The van der Waals surface area contributed by atoms with Crippen LogP contribution in [0.1, 0.15) is 433 Å². The second-order valence-corrected chi connectivity index (χ2v) is 33.1. The summed E-state index contributed by atoms with van der Waals surface area (Å²) in [5.74, 6) is -0.500. The summed E-state index contributed by atoms with van der Waals surface area (Å²) in [5.41, 5.74) is 0. The first-order chi connectivity index (χ1) is 48.9. The van der Waals surface area contributed by atoms with Crippen molar-refractivity contribution >= 4 is 39.5 Å². The highest BCUT2D eigenvalue weighted by Crippen LogP contribution is 2.45. The van der Waals surface area contributed by atoms with Gasteiger partial charge in [-0.15, -0.1) is 0 Å². The van der Waals surface area contributed by atoms with Gasteiger partial charge in [-0.3, -0.25) is 37.3 Å². The molecule has 0 saturated carbocycles. The normalized spacial score (nSPS) is 14.2. The molecule has 0 aromatic rings. The van der Waals surface area contributed by atoms with Gasteiger partial charge in [-0.1, -0.05) is 382 Å². The Bertz CT molecular complexity index is 1940. The van der Waals surface area contributed by atoms with Crippen molar-refractivity contribution in [1.82, 2.24) is 0 Å². The lowest BCUT2D eigenvalue weighted by Crippen LogP contribution is -2.30. The first kappa shape index (κ1) is 99.1. The molecule has 17 nitrogen and oxygen atoms in total. The third-order valence-corrected chi connectivity index (χ3v) is 21.5. The number of unbranched alkanes of at least 4 members (excludes halogenated alkanes) is 50. The standard InChI is InChI=1S/C82H160O17P2/c1-7-10-12-14-16-18-20-21-22-28-31-35-41-47-53-59-65-80(85)93-70-77(98-81(86)66-60-54-48-42-36-32-29-26-24-23-25-27-30-34-39-45-51-57-63-75(6)9-3)72-96-100(88,89)94-68-76(83)69-95-101(90,91)97-73-78(71-92-79(84)64-58-52-46-40-33-19-17-15-13-11-8-2)99-82(87)67-61-55-49-43-37-38-44-50-56-62-74(4)5/h74-78,83H,7-73H2,1-6H3,(H,88,89)(H,90,91)/t75?,76-,77-,78-/m1/s1. The molecule has 0 aliphatic carbocycles. The highest BCUT2D eigenvalue weighted by molar-refractivity contribution is 7.47. The molecule has 6 atom stereocenters. The third-order valence-electron chi connectivity index (χ3n) is 19.6. The maximum Gasteiger partial charge on any atom is 0.472 e. The molecule has 0 fully saturated rings. The maximum absolute atomic E-state index is 13.1. The van der Waals surface area contributed by atoms with Crippen LogP contribution in [0.15, 0.2) is 0 Å². The van der Waals surface area contributed by atoms with Crippen LogP contribution in [0.3, 0.4) is 0 Å². The van der Waals surface area contributed by atoms with E-state index in [0.717, 1.165) is 102 Å². The number of esters is 4. The van der Waals surface area contributed by atoms with E-state index in [1.54, 1.807) is 0 Å². The van der Waals surface area contributed by atoms with E-state index in [4.69, 9.17) is 37.0 Å². The fraction of sp³-hybridized carbons (Fsp3) is 0.951. The zero-order valence-corrected chi connectivity index (χ0v) is 68.0. The molecule has 0 aromatic carbocycles. The molecule has 0 amide bonds. The zero-order chi connectivity index (χ0) is 74.2. The number of aliphatic hydroxyl groups excluding tert-OH is 1. The summed E-state index contributed by atoms with van der Waals surface area (Å²) < 4.78 is 68.7. The van der Waals surface area contributed by atoms with Crippen molar-refractivity contribution < 1.29 is 80.2 Å². The maximum atomic E-state index is 13.1. The van der Waals surface area contributed by atoms with Crippen molar-refractivity contribution in [3.63, 3.8) is 0 Å². The van der Waals surface area contributed by atoms with Crippen molar-refractivity contribution in [2.75, 3.05) is 39.6 Å². The second kappa shape index (κ2) is 73.6. The molecule has 0 aliphatic rings. The van der Waals surface area contributed by atoms with Crippen LogP contribution in [0, 0.1) is 11.8 Å². The molecule has 0 heterocycles. The van der Waals surface area contributed by atoms with E-state index < -0.39 is 97.5 Å². The topological polar surface area (TPSA) is 237 Å². The van der Waals surface area contributed by atoms with Gasteiger partial charge in [0.05, 0.1) is 26.4 Å². The summed E-state index contributed by atoms with van der Waals surface area (Å²) in [7, 11) is -9.92.